The number of thioether (sulfide) groups is 1. The van der Waals surface area contributed by atoms with Crippen LogP contribution in [0.1, 0.15) is 20.3 Å². The van der Waals surface area contributed by atoms with Crippen molar-refractivity contribution in [3.05, 3.63) is 12.4 Å². The van der Waals surface area contributed by atoms with E-state index in [-0.39, 0.29) is 0 Å². The zero-order valence-corrected chi connectivity index (χ0v) is 8.06. The lowest BCUT2D eigenvalue weighted by molar-refractivity contribution is 0.781. The van der Waals surface area contributed by atoms with Crippen molar-refractivity contribution >= 4 is 11.8 Å². The summed E-state index contributed by atoms with van der Waals surface area (Å²) in [4.78, 5) is 4.23. The van der Waals surface area contributed by atoms with Gasteiger partial charge in [-0.05, 0) is 6.42 Å². The Kier molecular flexibility index (Phi) is 3.00. The van der Waals surface area contributed by atoms with E-state index in [4.69, 9.17) is 0 Å². The summed E-state index contributed by atoms with van der Waals surface area (Å²) in [5, 5.41) is 1.77. The molecule has 1 aromatic heterocycles. The monoisotopic (exact) mass is 170 g/mol. The molecular weight excluding hydrogens is 156 g/mol. The van der Waals surface area contributed by atoms with E-state index in [2.05, 4.69) is 23.4 Å². The predicted octanol–water partition coefficient (Wildman–Crippen LogP) is 2.31. The molecule has 2 nitrogen and oxygen atoms in total. The van der Waals surface area contributed by atoms with E-state index in [9.17, 15) is 0 Å². The van der Waals surface area contributed by atoms with Crippen LogP contribution < -0.4 is 0 Å². The summed E-state index contributed by atoms with van der Waals surface area (Å²) in [5.74, 6) is 0. The van der Waals surface area contributed by atoms with Crippen molar-refractivity contribution in [3.8, 4) is 0 Å². The fourth-order valence-corrected chi connectivity index (χ4v) is 1.60. The van der Waals surface area contributed by atoms with Crippen LogP contribution in [0.5, 0.6) is 0 Å². The molecule has 0 radical (unpaired) electrons. The Morgan fingerprint density at radius 3 is 2.91 bits per heavy atom. The van der Waals surface area contributed by atoms with Crippen LogP contribution >= 0.6 is 11.8 Å². The molecule has 1 heterocycles. The third-order valence-corrected chi connectivity index (χ3v) is 3.00. The summed E-state index contributed by atoms with van der Waals surface area (Å²) in [6, 6.07) is 0. The van der Waals surface area contributed by atoms with Gasteiger partial charge in [-0.3, -0.25) is 0 Å². The average molecular weight is 170 g/mol. The Bertz CT molecular complexity index is 220. The molecule has 0 aliphatic heterocycles. The van der Waals surface area contributed by atoms with Gasteiger partial charge in [0, 0.05) is 24.7 Å². The number of aromatic nitrogens is 2. The van der Waals surface area contributed by atoms with Crippen molar-refractivity contribution in [2.75, 3.05) is 0 Å². The summed E-state index contributed by atoms with van der Waals surface area (Å²) in [6.07, 6.45) is 5.01. The summed E-state index contributed by atoms with van der Waals surface area (Å²) < 4.78 is 2.05. The Balaban J connectivity index is 2.56. The van der Waals surface area contributed by atoms with Crippen LogP contribution in [0.25, 0.3) is 0 Å². The lowest BCUT2D eigenvalue weighted by Gasteiger charge is -2.06. The van der Waals surface area contributed by atoms with Crippen LogP contribution in [-0.4, -0.2) is 14.8 Å². The van der Waals surface area contributed by atoms with Gasteiger partial charge in [-0.1, -0.05) is 25.6 Å². The molecule has 0 saturated heterocycles. The Morgan fingerprint density at radius 1 is 1.73 bits per heavy atom. The maximum absolute atomic E-state index is 4.23. The summed E-state index contributed by atoms with van der Waals surface area (Å²) in [5.41, 5.74) is 0. The minimum absolute atomic E-state index is 0.663. The van der Waals surface area contributed by atoms with Crippen molar-refractivity contribution in [2.24, 2.45) is 7.05 Å². The molecule has 0 aliphatic rings. The lowest BCUT2D eigenvalue weighted by atomic mass is 10.4. The van der Waals surface area contributed by atoms with Gasteiger partial charge in [-0.2, -0.15) is 0 Å². The molecule has 0 aromatic carbocycles. The largest absolute Gasteiger partial charge is 0.329 e. The molecule has 0 N–H and O–H groups in total. The highest BCUT2D eigenvalue weighted by Crippen LogP contribution is 2.22. The first-order chi connectivity index (χ1) is 5.24. The molecule has 11 heavy (non-hydrogen) atoms. The Labute approximate surface area is 72.0 Å². The quantitative estimate of drug-likeness (QED) is 0.648. The zero-order chi connectivity index (χ0) is 8.27. The number of rotatable bonds is 3. The van der Waals surface area contributed by atoms with E-state index >= 15 is 0 Å². The highest BCUT2D eigenvalue weighted by molar-refractivity contribution is 7.99. The number of hydrogen-bond donors (Lipinski definition) is 0. The summed E-state index contributed by atoms with van der Waals surface area (Å²) in [7, 11) is 2.03. The standard InChI is InChI=1S/C8H14N2S/c1-4-7(2)11-8-9-5-6-10(8)3/h5-7H,4H2,1-3H3. The Morgan fingerprint density at radius 2 is 2.45 bits per heavy atom. The number of imidazole rings is 1. The molecule has 3 heteroatoms. The first kappa shape index (κ1) is 8.65. The number of hydrogen-bond acceptors (Lipinski definition) is 2. The van der Waals surface area contributed by atoms with Crippen LogP contribution in [0.4, 0.5) is 0 Å². The molecule has 0 saturated carbocycles. The zero-order valence-electron chi connectivity index (χ0n) is 7.24. The maximum atomic E-state index is 4.23. The molecular formula is C8H14N2S. The van der Waals surface area contributed by atoms with Crippen molar-refractivity contribution in [1.29, 1.82) is 0 Å². The molecule has 0 bridgehead atoms. The summed E-state index contributed by atoms with van der Waals surface area (Å²) >= 11 is 1.83. The lowest BCUT2D eigenvalue weighted by Crippen LogP contribution is -1.96. The van der Waals surface area contributed by atoms with Gasteiger partial charge in [0.1, 0.15) is 0 Å². The molecule has 0 spiro atoms. The van der Waals surface area contributed by atoms with E-state index in [1.807, 2.05) is 31.2 Å². The third kappa shape index (κ3) is 2.26. The van der Waals surface area contributed by atoms with Gasteiger partial charge in [0.25, 0.3) is 0 Å². The van der Waals surface area contributed by atoms with Crippen molar-refractivity contribution < 1.29 is 0 Å². The normalized spacial score (nSPS) is 13.4. The van der Waals surface area contributed by atoms with Crippen LogP contribution in [0.2, 0.25) is 0 Å². The van der Waals surface area contributed by atoms with E-state index in [0.717, 1.165) is 5.16 Å². The first-order valence-corrected chi connectivity index (χ1v) is 4.76. The van der Waals surface area contributed by atoms with Gasteiger partial charge < -0.3 is 4.57 Å². The second-order valence-electron chi connectivity index (χ2n) is 2.66. The van der Waals surface area contributed by atoms with Crippen molar-refractivity contribution in [2.45, 2.75) is 30.7 Å². The van der Waals surface area contributed by atoms with E-state index < -0.39 is 0 Å². The second-order valence-corrected chi connectivity index (χ2v) is 4.06. The van der Waals surface area contributed by atoms with Gasteiger partial charge in [0.05, 0.1) is 0 Å². The minimum Gasteiger partial charge on any atom is -0.329 e. The number of aryl methyl sites for hydroxylation is 1. The van der Waals surface area contributed by atoms with Gasteiger partial charge in [0.2, 0.25) is 0 Å². The van der Waals surface area contributed by atoms with Gasteiger partial charge in [0.15, 0.2) is 5.16 Å². The molecule has 0 amide bonds. The third-order valence-electron chi connectivity index (χ3n) is 1.66. The molecule has 62 valence electrons. The molecule has 1 aromatic rings. The topological polar surface area (TPSA) is 17.8 Å². The van der Waals surface area contributed by atoms with Gasteiger partial charge in [-0.25, -0.2) is 4.98 Å². The minimum atomic E-state index is 0.663. The van der Waals surface area contributed by atoms with Gasteiger partial charge in [-0.15, -0.1) is 0 Å². The van der Waals surface area contributed by atoms with E-state index in [1.165, 1.54) is 6.42 Å². The smallest absolute Gasteiger partial charge is 0.167 e. The van der Waals surface area contributed by atoms with Crippen molar-refractivity contribution in [1.82, 2.24) is 9.55 Å². The first-order valence-electron chi connectivity index (χ1n) is 3.88. The Hall–Kier alpha value is -0.440. The van der Waals surface area contributed by atoms with Crippen LogP contribution in [0.15, 0.2) is 17.6 Å². The molecule has 0 aliphatic carbocycles. The van der Waals surface area contributed by atoms with Gasteiger partial charge >= 0.3 is 0 Å². The van der Waals surface area contributed by atoms with Crippen molar-refractivity contribution in [3.63, 3.8) is 0 Å². The predicted molar refractivity (Wildman–Crippen MR) is 48.8 cm³/mol. The highest BCUT2D eigenvalue weighted by Gasteiger charge is 2.04. The van der Waals surface area contributed by atoms with Crippen LogP contribution in [0, 0.1) is 0 Å². The second kappa shape index (κ2) is 3.81. The number of nitrogens with zero attached hydrogens (tertiary/aromatic N) is 2. The fraction of sp³-hybridized carbons (Fsp3) is 0.625. The maximum Gasteiger partial charge on any atom is 0.167 e. The highest BCUT2D eigenvalue weighted by atomic mass is 32.2. The van der Waals surface area contributed by atoms with E-state index in [1.54, 1.807) is 0 Å². The van der Waals surface area contributed by atoms with Crippen LogP contribution in [0.3, 0.4) is 0 Å². The average Bonchev–Trinajstić information content (AvgIpc) is 2.37. The summed E-state index contributed by atoms with van der Waals surface area (Å²) in [6.45, 7) is 4.42. The molecule has 1 atom stereocenters. The molecule has 1 rings (SSSR count). The molecule has 0 fully saturated rings. The SMILES string of the molecule is CCC(C)Sc1nccn1C. The van der Waals surface area contributed by atoms with Crippen LogP contribution in [-0.2, 0) is 7.05 Å². The van der Waals surface area contributed by atoms with E-state index in [0.29, 0.717) is 5.25 Å². The fourth-order valence-electron chi connectivity index (χ4n) is 0.729. The molecule has 1 unspecified atom stereocenters.